The van der Waals surface area contributed by atoms with Crippen LogP contribution >= 0.6 is 0 Å². The average molecular weight is 165 g/mol. The predicted molar refractivity (Wildman–Crippen MR) is 40.4 cm³/mol. The van der Waals surface area contributed by atoms with E-state index in [4.69, 9.17) is 5.11 Å². The average Bonchev–Trinajstić information content (AvgIpc) is 2.61. The summed E-state index contributed by atoms with van der Waals surface area (Å²) in [5.74, 6) is 0.506. The molecule has 2 aromatic heterocycles. The first kappa shape index (κ1) is 6.84. The van der Waals surface area contributed by atoms with Crippen molar-refractivity contribution in [1.29, 1.82) is 0 Å². The summed E-state index contributed by atoms with van der Waals surface area (Å²) in [4.78, 5) is 6.69. The van der Waals surface area contributed by atoms with Gasteiger partial charge in [0.1, 0.15) is 5.69 Å². The van der Waals surface area contributed by atoms with Crippen molar-refractivity contribution in [2.75, 3.05) is 0 Å². The second kappa shape index (κ2) is 2.33. The summed E-state index contributed by atoms with van der Waals surface area (Å²) in [6.07, 6.45) is 1.53. The first-order chi connectivity index (χ1) is 5.77. The zero-order chi connectivity index (χ0) is 8.55. The summed E-state index contributed by atoms with van der Waals surface area (Å²) < 4.78 is 0. The SMILES string of the molecule is Cc1[nH]c(-c2cn[nH]n2)nc1O. The minimum Gasteiger partial charge on any atom is -0.492 e. The number of aromatic amines is 2. The molecule has 0 atom stereocenters. The smallest absolute Gasteiger partial charge is 0.232 e. The summed E-state index contributed by atoms with van der Waals surface area (Å²) in [5.41, 5.74) is 1.20. The molecular weight excluding hydrogens is 158 g/mol. The molecule has 6 nitrogen and oxygen atoms in total. The van der Waals surface area contributed by atoms with Gasteiger partial charge in [-0.05, 0) is 6.92 Å². The number of aromatic nitrogens is 5. The van der Waals surface area contributed by atoms with Crippen molar-refractivity contribution in [3.05, 3.63) is 11.9 Å². The topological polar surface area (TPSA) is 90.5 Å². The lowest BCUT2D eigenvalue weighted by atomic mass is 10.5. The summed E-state index contributed by atoms with van der Waals surface area (Å²) >= 11 is 0. The Morgan fingerprint density at radius 1 is 1.50 bits per heavy atom. The van der Waals surface area contributed by atoms with Crippen molar-refractivity contribution >= 4 is 0 Å². The van der Waals surface area contributed by atoms with Gasteiger partial charge in [0.2, 0.25) is 5.88 Å². The lowest BCUT2D eigenvalue weighted by Crippen LogP contribution is -1.79. The van der Waals surface area contributed by atoms with E-state index in [0.29, 0.717) is 17.2 Å². The third kappa shape index (κ3) is 0.931. The molecule has 0 unspecified atom stereocenters. The normalized spacial score (nSPS) is 10.4. The third-order valence-corrected chi connectivity index (χ3v) is 1.52. The summed E-state index contributed by atoms with van der Waals surface area (Å²) in [7, 11) is 0. The van der Waals surface area contributed by atoms with Gasteiger partial charge in [0.25, 0.3) is 0 Å². The van der Waals surface area contributed by atoms with Gasteiger partial charge in [0.05, 0.1) is 11.9 Å². The third-order valence-electron chi connectivity index (χ3n) is 1.52. The largest absolute Gasteiger partial charge is 0.492 e. The van der Waals surface area contributed by atoms with Gasteiger partial charge in [-0.1, -0.05) is 0 Å². The molecule has 6 heteroatoms. The van der Waals surface area contributed by atoms with E-state index >= 15 is 0 Å². The summed E-state index contributed by atoms with van der Waals surface area (Å²) in [6.45, 7) is 1.73. The molecule has 0 radical (unpaired) electrons. The van der Waals surface area contributed by atoms with Crippen LogP contribution < -0.4 is 0 Å². The van der Waals surface area contributed by atoms with Crippen LogP contribution in [0.25, 0.3) is 11.5 Å². The first-order valence-corrected chi connectivity index (χ1v) is 3.39. The van der Waals surface area contributed by atoms with E-state index in [9.17, 15) is 0 Å². The predicted octanol–water partition coefficient (Wildman–Crippen LogP) is 0.209. The van der Waals surface area contributed by atoms with E-state index in [1.54, 1.807) is 6.92 Å². The molecule has 2 aromatic rings. The first-order valence-electron chi connectivity index (χ1n) is 3.39. The van der Waals surface area contributed by atoms with Gasteiger partial charge in [0.15, 0.2) is 5.82 Å². The minimum absolute atomic E-state index is 0.00648. The molecule has 62 valence electrons. The Morgan fingerprint density at radius 2 is 2.33 bits per heavy atom. The molecule has 0 aromatic carbocycles. The Morgan fingerprint density at radius 3 is 2.83 bits per heavy atom. The highest BCUT2D eigenvalue weighted by Crippen LogP contribution is 2.17. The number of hydrogen-bond donors (Lipinski definition) is 3. The fraction of sp³-hybridized carbons (Fsp3) is 0.167. The van der Waals surface area contributed by atoms with Crippen LogP contribution in [0.4, 0.5) is 0 Å². The molecule has 0 bridgehead atoms. The number of imidazole rings is 1. The molecule has 0 fully saturated rings. The summed E-state index contributed by atoms with van der Waals surface area (Å²) in [6, 6.07) is 0. The van der Waals surface area contributed by atoms with Crippen molar-refractivity contribution in [2.45, 2.75) is 6.92 Å². The maximum atomic E-state index is 9.14. The Balaban J connectivity index is 2.48. The summed E-state index contributed by atoms with van der Waals surface area (Å²) in [5, 5.41) is 19.0. The molecule has 2 rings (SSSR count). The van der Waals surface area contributed by atoms with Gasteiger partial charge < -0.3 is 10.1 Å². The number of aryl methyl sites for hydroxylation is 1. The molecule has 12 heavy (non-hydrogen) atoms. The number of nitrogens with zero attached hydrogens (tertiary/aromatic N) is 3. The second-order valence-electron chi connectivity index (χ2n) is 2.39. The molecule has 0 amide bonds. The molecular formula is C6H7N5O. The van der Waals surface area contributed by atoms with E-state index in [1.165, 1.54) is 6.20 Å². The van der Waals surface area contributed by atoms with Crippen molar-refractivity contribution in [2.24, 2.45) is 0 Å². The van der Waals surface area contributed by atoms with Crippen molar-refractivity contribution < 1.29 is 5.11 Å². The number of H-pyrrole nitrogens is 2. The van der Waals surface area contributed by atoms with Gasteiger partial charge in [-0.15, -0.1) is 0 Å². The van der Waals surface area contributed by atoms with Crippen LogP contribution in [0.5, 0.6) is 5.88 Å². The fourth-order valence-corrected chi connectivity index (χ4v) is 0.888. The van der Waals surface area contributed by atoms with Crippen LogP contribution in [0.1, 0.15) is 5.69 Å². The number of nitrogens with one attached hydrogen (secondary N) is 2. The van der Waals surface area contributed by atoms with Gasteiger partial charge in [-0.25, -0.2) is 0 Å². The van der Waals surface area contributed by atoms with Gasteiger partial charge >= 0.3 is 0 Å². The van der Waals surface area contributed by atoms with Crippen molar-refractivity contribution in [3.8, 4) is 17.4 Å². The lowest BCUT2D eigenvalue weighted by molar-refractivity contribution is 0.452. The van der Waals surface area contributed by atoms with E-state index in [-0.39, 0.29) is 5.88 Å². The number of aromatic hydroxyl groups is 1. The van der Waals surface area contributed by atoms with E-state index < -0.39 is 0 Å². The van der Waals surface area contributed by atoms with Gasteiger partial charge in [-0.2, -0.15) is 20.4 Å². The Kier molecular flexibility index (Phi) is 1.33. The zero-order valence-electron chi connectivity index (χ0n) is 6.37. The maximum absolute atomic E-state index is 9.14. The molecule has 0 saturated carbocycles. The molecule has 3 N–H and O–H groups in total. The van der Waals surface area contributed by atoms with Crippen LogP contribution in [0, 0.1) is 6.92 Å². The van der Waals surface area contributed by atoms with Crippen LogP contribution in [-0.4, -0.2) is 30.5 Å². The van der Waals surface area contributed by atoms with E-state index in [2.05, 4.69) is 25.4 Å². The highest BCUT2D eigenvalue weighted by Gasteiger charge is 2.08. The van der Waals surface area contributed by atoms with Gasteiger partial charge in [0, 0.05) is 0 Å². The quantitative estimate of drug-likeness (QED) is 0.563. The van der Waals surface area contributed by atoms with E-state index in [1.807, 2.05) is 0 Å². The molecule has 0 aliphatic carbocycles. The minimum atomic E-state index is -0.00648. The zero-order valence-corrected chi connectivity index (χ0v) is 6.37. The maximum Gasteiger partial charge on any atom is 0.232 e. The lowest BCUT2D eigenvalue weighted by Gasteiger charge is -1.83. The molecule has 0 aliphatic heterocycles. The van der Waals surface area contributed by atoms with Gasteiger partial charge in [-0.3, -0.25) is 0 Å². The van der Waals surface area contributed by atoms with Crippen LogP contribution in [-0.2, 0) is 0 Å². The van der Waals surface area contributed by atoms with E-state index in [0.717, 1.165) is 0 Å². The van der Waals surface area contributed by atoms with Crippen molar-refractivity contribution in [1.82, 2.24) is 25.4 Å². The highest BCUT2D eigenvalue weighted by molar-refractivity contribution is 5.48. The van der Waals surface area contributed by atoms with Crippen LogP contribution in [0.15, 0.2) is 6.20 Å². The molecule has 0 spiro atoms. The molecule has 0 saturated heterocycles. The van der Waals surface area contributed by atoms with Crippen LogP contribution in [0.3, 0.4) is 0 Å². The van der Waals surface area contributed by atoms with Crippen LogP contribution in [0.2, 0.25) is 0 Å². The number of hydrogen-bond acceptors (Lipinski definition) is 4. The Hall–Kier alpha value is -1.85. The highest BCUT2D eigenvalue weighted by atomic mass is 16.3. The standard InChI is InChI=1S/C6H7N5O/c1-3-6(12)9-5(8-3)4-2-7-11-10-4/h2,12H,1H3,(H,8,9)(H,7,10,11). The number of rotatable bonds is 1. The second-order valence-corrected chi connectivity index (χ2v) is 2.39. The fourth-order valence-electron chi connectivity index (χ4n) is 0.888. The molecule has 2 heterocycles. The van der Waals surface area contributed by atoms with Crippen molar-refractivity contribution in [3.63, 3.8) is 0 Å². The monoisotopic (exact) mass is 165 g/mol. The Labute approximate surface area is 67.7 Å². The Bertz CT molecular complexity index is 357. The molecule has 0 aliphatic rings.